The third kappa shape index (κ3) is 5.10. The van der Waals surface area contributed by atoms with Crippen LogP contribution in [0, 0.1) is 0 Å². The maximum absolute atomic E-state index is 11.2. The topological polar surface area (TPSA) is 72.2 Å². The van der Waals surface area contributed by atoms with Gasteiger partial charge in [0.25, 0.3) is 0 Å². The van der Waals surface area contributed by atoms with Crippen molar-refractivity contribution in [2.45, 2.75) is 13.5 Å². The Hall–Kier alpha value is -1.20. The van der Waals surface area contributed by atoms with Gasteiger partial charge in [0.2, 0.25) is 5.91 Å². The molecule has 0 radical (unpaired) electrons. The Kier molecular flexibility index (Phi) is 5.86. The molecule has 0 aliphatic carbocycles. The van der Waals surface area contributed by atoms with Crippen LogP contribution in [0.2, 0.25) is 0 Å². The molecule has 0 spiro atoms. The first-order valence-corrected chi connectivity index (χ1v) is 7.06. The lowest BCUT2D eigenvalue weighted by atomic mass is 10.1. The number of hydrogen-bond acceptors (Lipinski definition) is 3. The average Bonchev–Trinajstić information content (AvgIpc) is 2.34. The smallest absolute Gasteiger partial charge is 0.248 e. The molecule has 0 saturated heterocycles. The number of carbonyl (C=O) groups is 1. The fraction of sp³-hybridized carbons (Fsp3) is 0.417. The van der Waals surface area contributed by atoms with Crippen LogP contribution in [0.5, 0.6) is 0 Å². The Balaban J connectivity index is 2.32. The molecule has 0 bridgehead atoms. The van der Waals surface area contributed by atoms with Crippen molar-refractivity contribution in [2.75, 3.05) is 18.1 Å². The molecule has 1 aromatic carbocycles. The van der Waals surface area contributed by atoms with Gasteiger partial charge in [-0.3, -0.25) is 9.00 Å². The van der Waals surface area contributed by atoms with Crippen molar-refractivity contribution in [3.8, 4) is 0 Å². The number of benzene rings is 1. The van der Waals surface area contributed by atoms with Crippen LogP contribution in [0.15, 0.2) is 24.3 Å². The van der Waals surface area contributed by atoms with E-state index in [1.165, 1.54) is 0 Å². The van der Waals surface area contributed by atoms with Gasteiger partial charge in [0.1, 0.15) is 0 Å². The normalized spacial score (nSPS) is 12.3. The minimum atomic E-state index is -0.718. The molecule has 94 valence electrons. The van der Waals surface area contributed by atoms with Crippen LogP contribution in [0.4, 0.5) is 0 Å². The highest BCUT2D eigenvalue weighted by atomic mass is 32.2. The van der Waals surface area contributed by atoms with Gasteiger partial charge in [0.15, 0.2) is 0 Å². The summed E-state index contributed by atoms with van der Waals surface area (Å²) in [6.45, 7) is 3.36. The molecule has 1 atom stereocenters. The number of carbonyl (C=O) groups excluding carboxylic acids is 1. The standard InChI is InChI=1S/C12H18N2O2S/c1-2-17(16)8-7-14-9-10-3-5-11(6-4-10)12(13)15/h3-6,14H,2,7-9H2,1H3,(H2,13,15). The lowest BCUT2D eigenvalue weighted by Gasteiger charge is -2.05. The number of nitrogens with two attached hydrogens (primary N) is 1. The fourth-order valence-corrected chi connectivity index (χ4v) is 2.01. The van der Waals surface area contributed by atoms with E-state index in [0.29, 0.717) is 23.6 Å². The highest BCUT2D eigenvalue weighted by Crippen LogP contribution is 2.03. The zero-order valence-corrected chi connectivity index (χ0v) is 10.8. The molecule has 4 nitrogen and oxygen atoms in total. The molecule has 0 fully saturated rings. The number of amides is 1. The minimum Gasteiger partial charge on any atom is -0.366 e. The van der Waals surface area contributed by atoms with Crippen LogP contribution in [0.1, 0.15) is 22.8 Å². The number of nitrogens with one attached hydrogen (secondary N) is 1. The summed E-state index contributed by atoms with van der Waals surface area (Å²) in [5.41, 5.74) is 6.74. The van der Waals surface area contributed by atoms with E-state index in [1.54, 1.807) is 12.1 Å². The summed E-state index contributed by atoms with van der Waals surface area (Å²) in [7, 11) is -0.718. The van der Waals surface area contributed by atoms with E-state index in [-0.39, 0.29) is 0 Å². The minimum absolute atomic E-state index is 0.414. The van der Waals surface area contributed by atoms with Crippen LogP contribution in [-0.2, 0) is 17.3 Å². The van der Waals surface area contributed by atoms with Crippen LogP contribution in [-0.4, -0.2) is 28.2 Å². The highest BCUT2D eigenvalue weighted by Gasteiger charge is 2.00. The molecule has 0 aliphatic rings. The SMILES string of the molecule is CCS(=O)CCNCc1ccc(C(N)=O)cc1. The first kappa shape index (κ1) is 13.9. The second-order valence-electron chi connectivity index (χ2n) is 3.67. The quantitative estimate of drug-likeness (QED) is 0.702. The second-order valence-corrected chi connectivity index (χ2v) is 5.54. The molecule has 1 amide bonds. The van der Waals surface area contributed by atoms with E-state index in [4.69, 9.17) is 5.73 Å². The van der Waals surface area contributed by atoms with E-state index in [9.17, 15) is 9.00 Å². The summed E-state index contributed by atoms with van der Waals surface area (Å²) in [6, 6.07) is 7.15. The second kappa shape index (κ2) is 7.19. The van der Waals surface area contributed by atoms with E-state index < -0.39 is 16.7 Å². The maximum Gasteiger partial charge on any atom is 0.248 e. The zero-order valence-electron chi connectivity index (χ0n) is 9.94. The number of hydrogen-bond donors (Lipinski definition) is 2. The summed E-state index contributed by atoms with van der Waals surface area (Å²) >= 11 is 0. The van der Waals surface area contributed by atoms with Crippen molar-refractivity contribution in [3.63, 3.8) is 0 Å². The van der Waals surface area contributed by atoms with Gasteiger partial charge < -0.3 is 11.1 Å². The molecular formula is C12H18N2O2S. The first-order valence-electron chi connectivity index (χ1n) is 5.58. The largest absolute Gasteiger partial charge is 0.366 e. The van der Waals surface area contributed by atoms with Crippen molar-refractivity contribution < 1.29 is 9.00 Å². The van der Waals surface area contributed by atoms with Gasteiger partial charge in [-0.15, -0.1) is 0 Å². The molecule has 5 heteroatoms. The molecule has 1 unspecified atom stereocenters. The van der Waals surface area contributed by atoms with Gasteiger partial charge in [0.05, 0.1) is 0 Å². The van der Waals surface area contributed by atoms with Crippen molar-refractivity contribution in [2.24, 2.45) is 5.73 Å². The van der Waals surface area contributed by atoms with E-state index in [0.717, 1.165) is 12.1 Å². The fourth-order valence-electron chi connectivity index (χ4n) is 1.35. The van der Waals surface area contributed by atoms with Gasteiger partial charge in [-0.1, -0.05) is 19.1 Å². The Bertz CT molecular complexity index is 390. The van der Waals surface area contributed by atoms with Crippen molar-refractivity contribution in [1.29, 1.82) is 0 Å². The predicted octanol–water partition coefficient (Wildman–Crippen LogP) is 0.644. The van der Waals surface area contributed by atoms with Crippen molar-refractivity contribution >= 4 is 16.7 Å². The molecule has 0 saturated carbocycles. The number of rotatable bonds is 7. The Labute approximate surface area is 104 Å². The van der Waals surface area contributed by atoms with E-state index >= 15 is 0 Å². The van der Waals surface area contributed by atoms with Crippen LogP contribution in [0.25, 0.3) is 0 Å². The van der Waals surface area contributed by atoms with Crippen LogP contribution < -0.4 is 11.1 Å². The monoisotopic (exact) mass is 254 g/mol. The van der Waals surface area contributed by atoms with Gasteiger partial charge in [-0.2, -0.15) is 0 Å². The first-order chi connectivity index (χ1) is 8.13. The Morgan fingerprint density at radius 1 is 1.35 bits per heavy atom. The molecule has 1 rings (SSSR count). The number of primary amides is 1. The molecule has 17 heavy (non-hydrogen) atoms. The van der Waals surface area contributed by atoms with Crippen LogP contribution >= 0.6 is 0 Å². The molecule has 3 N–H and O–H groups in total. The Morgan fingerprint density at radius 2 is 2.00 bits per heavy atom. The lowest BCUT2D eigenvalue weighted by Crippen LogP contribution is -2.20. The zero-order chi connectivity index (χ0) is 12.7. The van der Waals surface area contributed by atoms with Crippen LogP contribution in [0.3, 0.4) is 0 Å². The Morgan fingerprint density at radius 3 is 2.53 bits per heavy atom. The molecular weight excluding hydrogens is 236 g/mol. The third-order valence-electron chi connectivity index (χ3n) is 2.40. The summed E-state index contributed by atoms with van der Waals surface area (Å²) in [4.78, 5) is 10.9. The lowest BCUT2D eigenvalue weighted by molar-refractivity contribution is 0.100. The van der Waals surface area contributed by atoms with Gasteiger partial charge in [-0.25, -0.2) is 0 Å². The maximum atomic E-state index is 11.2. The molecule has 0 heterocycles. The third-order valence-corrected chi connectivity index (χ3v) is 3.70. The van der Waals surface area contributed by atoms with Gasteiger partial charge in [-0.05, 0) is 17.7 Å². The van der Waals surface area contributed by atoms with Crippen molar-refractivity contribution in [3.05, 3.63) is 35.4 Å². The van der Waals surface area contributed by atoms with Gasteiger partial charge in [0, 0.05) is 41.0 Å². The summed E-state index contributed by atoms with van der Waals surface area (Å²) < 4.78 is 11.2. The van der Waals surface area contributed by atoms with E-state index in [1.807, 2.05) is 19.1 Å². The summed E-state index contributed by atoms with van der Waals surface area (Å²) in [6.07, 6.45) is 0. The molecule has 1 aromatic rings. The van der Waals surface area contributed by atoms with Gasteiger partial charge >= 0.3 is 0 Å². The predicted molar refractivity (Wildman–Crippen MR) is 70.2 cm³/mol. The molecule has 0 aromatic heterocycles. The summed E-state index contributed by atoms with van der Waals surface area (Å²) in [5.74, 6) is 0.966. The molecule has 0 aliphatic heterocycles. The summed E-state index contributed by atoms with van der Waals surface area (Å²) in [5, 5.41) is 3.21. The highest BCUT2D eigenvalue weighted by molar-refractivity contribution is 7.84. The van der Waals surface area contributed by atoms with E-state index in [2.05, 4.69) is 5.32 Å². The van der Waals surface area contributed by atoms with Crippen molar-refractivity contribution in [1.82, 2.24) is 5.32 Å². The average molecular weight is 254 g/mol.